The van der Waals surface area contributed by atoms with Gasteiger partial charge in [0.05, 0.1) is 4.90 Å². The summed E-state index contributed by atoms with van der Waals surface area (Å²) in [6.45, 7) is 9.12. The summed E-state index contributed by atoms with van der Waals surface area (Å²) in [6, 6.07) is 2.00. The van der Waals surface area contributed by atoms with Crippen LogP contribution in [0.15, 0.2) is 11.0 Å². The lowest BCUT2D eigenvalue weighted by atomic mass is 9.96. The van der Waals surface area contributed by atoms with Gasteiger partial charge in [-0.1, -0.05) is 6.07 Å². The van der Waals surface area contributed by atoms with Crippen LogP contribution in [0, 0.1) is 33.6 Å². The highest BCUT2D eigenvalue weighted by molar-refractivity contribution is 7.89. The number of amides is 1. The maximum absolute atomic E-state index is 13.4. The summed E-state index contributed by atoms with van der Waals surface area (Å²) in [6.07, 6.45) is 0.851. The fraction of sp³-hybridized carbons (Fsp3) is 0.650. The molecule has 2 saturated heterocycles. The van der Waals surface area contributed by atoms with Gasteiger partial charge >= 0.3 is 0 Å². The Kier molecular flexibility index (Phi) is 6.83. The minimum Gasteiger partial charge on any atom is -0.340 e. The summed E-state index contributed by atoms with van der Waals surface area (Å²) in [5.41, 5.74) is 3.43. The number of carbonyl (C=O) groups is 1. The maximum Gasteiger partial charge on any atom is 0.276 e. The third-order valence-corrected chi connectivity index (χ3v) is 9.87. The van der Waals surface area contributed by atoms with Gasteiger partial charge in [0, 0.05) is 45.2 Å². The van der Waals surface area contributed by atoms with Crippen LogP contribution in [0.1, 0.15) is 35.1 Å². The number of hydrogen-bond donors (Lipinski definition) is 1. The van der Waals surface area contributed by atoms with Gasteiger partial charge in [-0.2, -0.15) is 17.0 Å². The summed E-state index contributed by atoms with van der Waals surface area (Å²) in [7, 11) is -7.39. The van der Waals surface area contributed by atoms with Crippen molar-refractivity contribution in [1.82, 2.24) is 13.5 Å². The second kappa shape index (κ2) is 8.78. The van der Waals surface area contributed by atoms with E-state index >= 15 is 0 Å². The molecule has 3 rings (SSSR count). The molecule has 0 bridgehead atoms. The molecule has 2 aliphatic heterocycles. The normalized spacial score (nSPS) is 20.2. The molecular weight excluding hydrogens is 440 g/mol. The van der Waals surface area contributed by atoms with Crippen LogP contribution in [0.3, 0.4) is 0 Å². The Bertz CT molecular complexity index is 1040. The maximum atomic E-state index is 13.4. The smallest absolute Gasteiger partial charge is 0.276 e. The zero-order chi connectivity index (χ0) is 23.1. The SMILES string of the molecule is Cc1cc(C)c(C)c(S(=O)(=O)N2CCN(C(=O)C3CCN(S(N)(=O)=O)CC3)CC2)c1C. The molecule has 11 heteroatoms. The number of hydrogen-bond acceptors (Lipinski definition) is 5. The van der Waals surface area contributed by atoms with Gasteiger partial charge in [0.15, 0.2) is 0 Å². The Hall–Kier alpha value is -1.53. The van der Waals surface area contributed by atoms with Gasteiger partial charge in [-0.25, -0.2) is 13.6 Å². The molecule has 0 aliphatic carbocycles. The summed E-state index contributed by atoms with van der Waals surface area (Å²) >= 11 is 0. The Morgan fingerprint density at radius 3 is 1.77 bits per heavy atom. The Morgan fingerprint density at radius 1 is 0.839 bits per heavy atom. The molecule has 2 N–H and O–H groups in total. The Morgan fingerprint density at radius 2 is 1.32 bits per heavy atom. The van der Waals surface area contributed by atoms with Gasteiger partial charge in [0.2, 0.25) is 15.9 Å². The number of carbonyl (C=O) groups excluding carboxylic acids is 1. The lowest BCUT2D eigenvalue weighted by Crippen LogP contribution is -2.53. The van der Waals surface area contributed by atoms with Crippen LogP contribution in [-0.2, 0) is 25.0 Å². The van der Waals surface area contributed by atoms with Crippen LogP contribution in [0.4, 0.5) is 0 Å². The first-order chi connectivity index (χ1) is 14.3. The molecule has 0 radical (unpaired) electrons. The zero-order valence-electron chi connectivity index (χ0n) is 18.6. The number of piperidine rings is 1. The number of nitrogens with two attached hydrogens (primary N) is 1. The lowest BCUT2D eigenvalue weighted by Gasteiger charge is -2.38. The standard InChI is InChI=1S/C20H32N4O5S2/c1-14-13-15(2)17(4)19(16(14)3)30(26,27)23-11-9-22(10-12-23)20(25)18-5-7-24(8-6-18)31(21,28)29/h13,18H,5-12H2,1-4H3,(H2,21,28,29). The Balaban J connectivity index is 1.67. The number of piperazine rings is 1. The summed E-state index contributed by atoms with van der Waals surface area (Å²) in [5, 5.41) is 5.16. The number of aryl methyl sites for hydroxylation is 2. The van der Waals surface area contributed by atoms with Crippen LogP contribution >= 0.6 is 0 Å². The highest BCUT2D eigenvalue weighted by atomic mass is 32.2. The molecule has 0 atom stereocenters. The Labute approximate surface area is 185 Å². The van der Waals surface area contributed by atoms with E-state index in [2.05, 4.69) is 0 Å². The van der Waals surface area contributed by atoms with Gasteiger partial charge in [-0.3, -0.25) is 4.79 Å². The van der Waals surface area contributed by atoms with Crippen molar-refractivity contribution < 1.29 is 21.6 Å². The molecule has 1 aromatic rings. The zero-order valence-corrected chi connectivity index (χ0v) is 20.2. The van der Waals surface area contributed by atoms with Crippen LogP contribution in [0.5, 0.6) is 0 Å². The van der Waals surface area contributed by atoms with E-state index in [0.29, 0.717) is 30.8 Å². The van der Waals surface area contributed by atoms with E-state index in [9.17, 15) is 21.6 Å². The van der Waals surface area contributed by atoms with Crippen LogP contribution in [0.25, 0.3) is 0 Å². The fourth-order valence-electron chi connectivity index (χ4n) is 4.46. The van der Waals surface area contributed by atoms with E-state index in [0.717, 1.165) is 22.3 Å². The van der Waals surface area contributed by atoms with Crippen molar-refractivity contribution in [2.24, 2.45) is 11.1 Å². The minimum absolute atomic E-state index is 0.0371. The molecule has 0 aromatic heterocycles. The fourth-order valence-corrected chi connectivity index (χ4v) is 7.18. The average molecular weight is 473 g/mol. The second-order valence-electron chi connectivity index (χ2n) is 8.54. The van der Waals surface area contributed by atoms with Gasteiger partial charge in [-0.15, -0.1) is 0 Å². The van der Waals surface area contributed by atoms with Gasteiger partial charge < -0.3 is 4.90 Å². The van der Waals surface area contributed by atoms with Crippen molar-refractivity contribution in [3.05, 3.63) is 28.3 Å². The highest BCUT2D eigenvalue weighted by Gasteiger charge is 2.36. The topological polar surface area (TPSA) is 121 Å². The first-order valence-corrected chi connectivity index (χ1v) is 13.4. The third kappa shape index (κ3) is 4.80. The van der Waals surface area contributed by atoms with Crippen LogP contribution in [-0.4, -0.2) is 75.5 Å². The summed E-state index contributed by atoms with van der Waals surface area (Å²) in [4.78, 5) is 15.0. The van der Waals surface area contributed by atoms with E-state index in [1.165, 1.54) is 8.61 Å². The molecular formula is C20H32N4O5S2. The third-order valence-electron chi connectivity index (χ3n) is 6.61. The molecule has 31 heavy (non-hydrogen) atoms. The molecule has 0 unspecified atom stereocenters. The van der Waals surface area contributed by atoms with Crippen molar-refractivity contribution >= 4 is 26.1 Å². The van der Waals surface area contributed by atoms with E-state index < -0.39 is 20.2 Å². The van der Waals surface area contributed by atoms with Gasteiger partial charge in [-0.05, 0) is 62.8 Å². The monoisotopic (exact) mass is 472 g/mol. The van der Waals surface area contributed by atoms with Crippen LogP contribution < -0.4 is 5.14 Å². The van der Waals surface area contributed by atoms with Gasteiger partial charge in [0.25, 0.3) is 10.2 Å². The van der Waals surface area contributed by atoms with E-state index in [-0.39, 0.29) is 38.0 Å². The number of rotatable bonds is 4. The summed E-state index contributed by atoms with van der Waals surface area (Å²) in [5.74, 6) is -0.296. The lowest BCUT2D eigenvalue weighted by molar-refractivity contribution is -0.137. The van der Waals surface area contributed by atoms with Crippen molar-refractivity contribution in [2.75, 3.05) is 39.3 Å². The molecule has 2 heterocycles. The second-order valence-corrected chi connectivity index (χ2v) is 12.0. The van der Waals surface area contributed by atoms with Crippen molar-refractivity contribution in [3.63, 3.8) is 0 Å². The highest BCUT2D eigenvalue weighted by Crippen LogP contribution is 2.30. The van der Waals surface area contributed by atoms with E-state index in [4.69, 9.17) is 5.14 Å². The molecule has 1 aromatic carbocycles. The van der Waals surface area contributed by atoms with Gasteiger partial charge in [0.1, 0.15) is 0 Å². The first kappa shape index (κ1) is 24.1. The van der Waals surface area contributed by atoms with E-state index in [1.54, 1.807) is 4.90 Å². The molecule has 0 spiro atoms. The molecule has 0 saturated carbocycles. The first-order valence-electron chi connectivity index (χ1n) is 10.5. The predicted octanol–water partition coefficient (Wildman–Crippen LogP) is 0.669. The summed E-state index contributed by atoms with van der Waals surface area (Å²) < 4.78 is 52.3. The molecule has 2 fully saturated rings. The minimum atomic E-state index is -3.73. The molecule has 174 valence electrons. The van der Waals surface area contributed by atoms with E-state index in [1.807, 2.05) is 33.8 Å². The number of nitrogens with zero attached hydrogens (tertiary/aromatic N) is 3. The predicted molar refractivity (Wildman–Crippen MR) is 118 cm³/mol. The van der Waals surface area contributed by atoms with Crippen molar-refractivity contribution in [3.8, 4) is 0 Å². The van der Waals surface area contributed by atoms with Crippen molar-refractivity contribution in [1.29, 1.82) is 0 Å². The number of benzene rings is 1. The average Bonchev–Trinajstić information content (AvgIpc) is 2.71. The number of sulfonamides is 1. The molecule has 1 amide bonds. The van der Waals surface area contributed by atoms with Crippen molar-refractivity contribution in [2.45, 2.75) is 45.4 Å². The largest absolute Gasteiger partial charge is 0.340 e. The molecule has 2 aliphatic rings. The quantitative estimate of drug-likeness (QED) is 0.690. The van der Waals surface area contributed by atoms with Crippen LogP contribution in [0.2, 0.25) is 0 Å². The molecule has 9 nitrogen and oxygen atoms in total.